The standard InChI is InChI=1S/C30H41N7O4/c1-39-26-15-13-25(14-16-26)34-30-36-28(35-29(37-30)33-24-11-7-2-3-8-12-24)32-18-20-41-22-21-40-19-17-31-27(38)23-9-5-4-6-10-23/h4-6,9-10,13-16,24H,2-3,7-8,11-12,17-22H2,1H3,(H,31,38)(H3,32,33,34,35,36,37). The van der Waals surface area contributed by atoms with Gasteiger partial charge < -0.3 is 35.5 Å². The Morgan fingerprint density at radius 3 is 2.15 bits per heavy atom. The minimum Gasteiger partial charge on any atom is -0.497 e. The summed E-state index contributed by atoms with van der Waals surface area (Å²) in [6.45, 7) is 2.75. The van der Waals surface area contributed by atoms with Crippen molar-refractivity contribution in [2.45, 2.75) is 44.6 Å². The average molecular weight is 564 g/mol. The van der Waals surface area contributed by atoms with Crippen LogP contribution >= 0.6 is 0 Å². The monoisotopic (exact) mass is 563 g/mol. The van der Waals surface area contributed by atoms with Gasteiger partial charge in [-0.3, -0.25) is 4.79 Å². The smallest absolute Gasteiger partial charge is 0.251 e. The first kappa shape index (κ1) is 30.0. The van der Waals surface area contributed by atoms with E-state index in [-0.39, 0.29) is 5.91 Å². The fraction of sp³-hybridized carbons (Fsp3) is 0.467. The number of rotatable bonds is 16. The van der Waals surface area contributed by atoms with Crippen LogP contribution in [0.15, 0.2) is 54.6 Å². The Morgan fingerprint density at radius 2 is 1.44 bits per heavy atom. The van der Waals surface area contributed by atoms with Crippen LogP contribution in [0.2, 0.25) is 0 Å². The van der Waals surface area contributed by atoms with Crippen molar-refractivity contribution in [3.63, 3.8) is 0 Å². The van der Waals surface area contributed by atoms with E-state index < -0.39 is 0 Å². The Bertz CT molecular complexity index is 1170. The maximum Gasteiger partial charge on any atom is 0.251 e. The van der Waals surface area contributed by atoms with Crippen molar-refractivity contribution in [3.05, 3.63) is 60.2 Å². The average Bonchev–Trinajstić information content (AvgIpc) is 3.27. The second kappa shape index (κ2) is 17.0. The molecule has 1 fully saturated rings. The SMILES string of the molecule is COc1ccc(Nc2nc(NCCOCCOCCNC(=O)c3ccccc3)nc(NC3CCCCCC3)n2)cc1. The topological polar surface area (TPSA) is 132 Å². The number of nitrogens with zero attached hydrogens (tertiary/aromatic N) is 3. The third-order valence-corrected chi connectivity index (χ3v) is 6.64. The van der Waals surface area contributed by atoms with Gasteiger partial charge in [-0.25, -0.2) is 0 Å². The highest BCUT2D eigenvalue weighted by Crippen LogP contribution is 2.22. The number of benzene rings is 2. The lowest BCUT2D eigenvalue weighted by molar-refractivity contribution is 0.0519. The van der Waals surface area contributed by atoms with Crippen LogP contribution in [0.3, 0.4) is 0 Å². The van der Waals surface area contributed by atoms with Crippen molar-refractivity contribution in [2.24, 2.45) is 0 Å². The molecule has 11 nitrogen and oxygen atoms in total. The van der Waals surface area contributed by atoms with Crippen molar-refractivity contribution in [1.29, 1.82) is 0 Å². The molecule has 11 heteroatoms. The summed E-state index contributed by atoms with van der Waals surface area (Å²) in [6, 6.07) is 17.1. The highest BCUT2D eigenvalue weighted by Gasteiger charge is 2.15. The molecule has 0 atom stereocenters. The van der Waals surface area contributed by atoms with Gasteiger partial charge in [0.15, 0.2) is 0 Å². The van der Waals surface area contributed by atoms with Crippen LogP contribution in [0.5, 0.6) is 5.75 Å². The van der Waals surface area contributed by atoms with E-state index in [0.717, 1.165) is 24.3 Å². The molecule has 0 bridgehead atoms. The van der Waals surface area contributed by atoms with Gasteiger partial charge in [-0.05, 0) is 49.2 Å². The molecule has 0 radical (unpaired) electrons. The van der Waals surface area contributed by atoms with Gasteiger partial charge in [0, 0.05) is 30.4 Å². The van der Waals surface area contributed by atoms with Crippen molar-refractivity contribution < 1.29 is 19.0 Å². The first-order chi connectivity index (χ1) is 20.2. The first-order valence-electron chi connectivity index (χ1n) is 14.4. The third kappa shape index (κ3) is 10.8. The van der Waals surface area contributed by atoms with E-state index in [1.807, 2.05) is 42.5 Å². The lowest BCUT2D eigenvalue weighted by atomic mass is 10.1. The summed E-state index contributed by atoms with van der Waals surface area (Å²) in [5.41, 5.74) is 1.49. The van der Waals surface area contributed by atoms with Gasteiger partial charge in [-0.2, -0.15) is 15.0 Å². The first-order valence-corrected chi connectivity index (χ1v) is 14.4. The zero-order valence-corrected chi connectivity index (χ0v) is 23.7. The molecule has 3 aromatic rings. The number of anilines is 4. The largest absolute Gasteiger partial charge is 0.497 e. The summed E-state index contributed by atoms with van der Waals surface area (Å²) in [5, 5.41) is 12.9. The molecule has 4 N–H and O–H groups in total. The van der Waals surface area contributed by atoms with Gasteiger partial charge in [0.2, 0.25) is 17.8 Å². The van der Waals surface area contributed by atoms with Crippen LogP contribution in [-0.4, -0.2) is 73.5 Å². The van der Waals surface area contributed by atoms with Gasteiger partial charge in [0.1, 0.15) is 5.75 Å². The summed E-state index contributed by atoms with van der Waals surface area (Å²) in [6.07, 6.45) is 7.23. The van der Waals surface area contributed by atoms with E-state index in [2.05, 4.69) is 36.2 Å². The molecular formula is C30H41N7O4. The predicted molar refractivity (Wildman–Crippen MR) is 160 cm³/mol. The number of hydrogen-bond acceptors (Lipinski definition) is 10. The summed E-state index contributed by atoms with van der Waals surface area (Å²) < 4.78 is 16.5. The normalized spacial score (nSPS) is 13.7. The number of aromatic nitrogens is 3. The van der Waals surface area contributed by atoms with Gasteiger partial charge >= 0.3 is 0 Å². The van der Waals surface area contributed by atoms with Crippen LogP contribution in [0.4, 0.5) is 23.5 Å². The number of nitrogens with one attached hydrogen (secondary N) is 4. The van der Waals surface area contributed by atoms with E-state index in [4.69, 9.17) is 14.2 Å². The molecule has 1 aliphatic carbocycles. The van der Waals surface area contributed by atoms with E-state index in [0.29, 0.717) is 69.0 Å². The van der Waals surface area contributed by atoms with Crippen molar-refractivity contribution in [2.75, 3.05) is 62.6 Å². The molecule has 1 aliphatic rings. The molecule has 1 aromatic heterocycles. The number of ether oxygens (including phenoxy) is 3. The third-order valence-electron chi connectivity index (χ3n) is 6.64. The lowest BCUT2D eigenvalue weighted by Gasteiger charge is -2.17. The second-order valence-electron chi connectivity index (χ2n) is 9.77. The fourth-order valence-electron chi connectivity index (χ4n) is 4.47. The maximum absolute atomic E-state index is 12.0. The summed E-state index contributed by atoms with van der Waals surface area (Å²) >= 11 is 0. The van der Waals surface area contributed by atoms with Crippen LogP contribution < -0.4 is 26.0 Å². The molecule has 2 aromatic carbocycles. The molecular weight excluding hydrogens is 522 g/mol. The van der Waals surface area contributed by atoms with Gasteiger partial charge in [-0.15, -0.1) is 0 Å². The molecule has 1 saturated carbocycles. The predicted octanol–water partition coefficient (Wildman–Crippen LogP) is 4.63. The molecule has 0 aliphatic heterocycles. The Balaban J connectivity index is 1.19. The van der Waals surface area contributed by atoms with Gasteiger partial charge in [0.25, 0.3) is 5.91 Å². The summed E-state index contributed by atoms with van der Waals surface area (Å²) in [4.78, 5) is 25.8. The molecule has 0 spiro atoms. The minimum atomic E-state index is -0.107. The fourth-order valence-corrected chi connectivity index (χ4v) is 4.47. The number of carbonyl (C=O) groups excluding carboxylic acids is 1. The zero-order valence-electron chi connectivity index (χ0n) is 23.7. The minimum absolute atomic E-state index is 0.107. The molecule has 0 saturated heterocycles. The maximum atomic E-state index is 12.0. The highest BCUT2D eigenvalue weighted by atomic mass is 16.5. The van der Waals surface area contributed by atoms with Crippen LogP contribution in [0, 0.1) is 0 Å². The van der Waals surface area contributed by atoms with E-state index in [1.54, 1.807) is 19.2 Å². The quantitative estimate of drug-likeness (QED) is 0.144. The van der Waals surface area contributed by atoms with Gasteiger partial charge in [-0.1, -0.05) is 43.9 Å². The van der Waals surface area contributed by atoms with E-state index in [1.165, 1.54) is 25.7 Å². The number of carbonyl (C=O) groups is 1. The molecule has 4 rings (SSSR count). The molecule has 1 amide bonds. The van der Waals surface area contributed by atoms with Crippen molar-refractivity contribution >= 4 is 29.4 Å². The number of hydrogen-bond donors (Lipinski definition) is 4. The summed E-state index contributed by atoms with van der Waals surface area (Å²) in [7, 11) is 1.64. The molecule has 0 unspecified atom stereocenters. The van der Waals surface area contributed by atoms with Gasteiger partial charge in [0.05, 0.1) is 33.5 Å². The highest BCUT2D eigenvalue weighted by molar-refractivity contribution is 5.94. The van der Waals surface area contributed by atoms with Crippen LogP contribution in [0.25, 0.3) is 0 Å². The van der Waals surface area contributed by atoms with Crippen LogP contribution in [0.1, 0.15) is 48.9 Å². The Morgan fingerprint density at radius 1 is 0.780 bits per heavy atom. The number of methoxy groups -OCH3 is 1. The van der Waals surface area contributed by atoms with E-state index in [9.17, 15) is 4.79 Å². The number of amides is 1. The Labute approximate surface area is 241 Å². The van der Waals surface area contributed by atoms with Crippen molar-refractivity contribution in [3.8, 4) is 5.75 Å². The Kier molecular flexibility index (Phi) is 12.4. The van der Waals surface area contributed by atoms with E-state index >= 15 is 0 Å². The molecule has 220 valence electrons. The van der Waals surface area contributed by atoms with Crippen molar-refractivity contribution in [1.82, 2.24) is 20.3 Å². The Hall–Kier alpha value is -3.96. The lowest BCUT2D eigenvalue weighted by Crippen LogP contribution is -2.27. The summed E-state index contributed by atoms with van der Waals surface area (Å²) in [5.74, 6) is 2.16. The molecule has 41 heavy (non-hydrogen) atoms. The zero-order chi connectivity index (χ0) is 28.5. The van der Waals surface area contributed by atoms with Crippen LogP contribution in [-0.2, 0) is 9.47 Å². The molecule has 1 heterocycles. The second-order valence-corrected chi connectivity index (χ2v) is 9.77.